The van der Waals surface area contributed by atoms with E-state index in [-0.39, 0.29) is 11.2 Å². The third-order valence-electron chi connectivity index (χ3n) is 6.29. The molecule has 0 atom stereocenters. The van der Waals surface area contributed by atoms with Crippen molar-refractivity contribution >= 4 is 19.5 Å². The third kappa shape index (κ3) is 5.96. The summed E-state index contributed by atoms with van der Waals surface area (Å²) < 4.78 is 13.1. The molecule has 0 radical (unpaired) electrons. The van der Waals surface area contributed by atoms with Gasteiger partial charge in [-0.25, -0.2) is 0 Å². The number of hydrogen-bond donors (Lipinski definition) is 0. The quantitative estimate of drug-likeness (QED) is 0.335. The Morgan fingerprint density at radius 2 is 0.833 bits per heavy atom. The highest BCUT2D eigenvalue weighted by atomic mass is 28.2. The van der Waals surface area contributed by atoms with E-state index in [2.05, 4.69) is 69.2 Å². The monoisotopic (exact) mass is 374 g/mol. The van der Waals surface area contributed by atoms with Crippen molar-refractivity contribution in [1.82, 2.24) is 0 Å². The SMILES string of the molecule is CCC(O[SiH2]CC[SiH2]OC(CC)(C(C)C)C(C)C)(C(C)C)C(C)C. The van der Waals surface area contributed by atoms with Crippen LogP contribution in [-0.4, -0.2) is 30.7 Å². The minimum atomic E-state index is -0.444. The summed E-state index contributed by atoms with van der Waals surface area (Å²) in [5.74, 6) is 2.38. The second kappa shape index (κ2) is 11.1. The van der Waals surface area contributed by atoms with Gasteiger partial charge in [0.2, 0.25) is 0 Å². The summed E-state index contributed by atoms with van der Waals surface area (Å²) in [5, 5.41) is 0. The predicted molar refractivity (Wildman–Crippen MR) is 114 cm³/mol. The molecule has 0 rings (SSSR count). The molecule has 146 valence electrons. The molecule has 0 aliphatic rings. The standard InChI is InChI=1S/C20H46O2Si2/c1-11-19(15(3)4,16(5)6)21-23-13-14-24-22-20(12-2,17(7)8)18(9)10/h15-18H,11-14,23-24H2,1-10H3. The van der Waals surface area contributed by atoms with Crippen LogP contribution in [0.4, 0.5) is 0 Å². The van der Waals surface area contributed by atoms with E-state index in [1.54, 1.807) is 0 Å². The van der Waals surface area contributed by atoms with Crippen LogP contribution in [0, 0.1) is 23.7 Å². The van der Waals surface area contributed by atoms with Crippen LogP contribution in [0.3, 0.4) is 0 Å². The molecule has 0 aromatic heterocycles. The Labute approximate surface area is 157 Å². The number of hydrogen-bond acceptors (Lipinski definition) is 2. The van der Waals surface area contributed by atoms with Gasteiger partial charge in [-0.15, -0.1) is 0 Å². The highest BCUT2D eigenvalue weighted by Crippen LogP contribution is 2.35. The van der Waals surface area contributed by atoms with E-state index in [1.165, 1.54) is 12.1 Å². The first-order valence-electron chi connectivity index (χ1n) is 10.4. The van der Waals surface area contributed by atoms with Crippen molar-refractivity contribution in [1.29, 1.82) is 0 Å². The summed E-state index contributed by atoms with van der Waals surface area (Å²) in [4.78, 5) is 0. The Morgan fingerprint density at radius 3 is 1.00 bits per heavy atom. The molecule has 2 nitrogen and oxygen atoms in total. The average Bonchev–Trinajstić information content (AvgIpc) is 2.49. The lowest BCUT2D eigenvalue weighted by Gasteiger charge is -2.42. The van der Waals surface area contributed by atoms with Gasteiger partial charge in [-0.05, 0) is 48.6 Å². The molecular formula is C20H46O2Si2. The van der Waals surface area contributed by atoms with Crippen LogP contribution >= 0.6 is 0 Å². The van der Waals surface area contributed by atoms with Crippen LogP contribution in [0.25, 0.3) is 0 Å². The van der Waals surface area contributed by atoms with Gasteiger partial charge in [-0.1, -0.05) is 69.2 Å². The van der Waals surface area contributed by atoms with E-state index >= 15 is 0 Å². The number of rotatable bonds is 13. The molecule has 0 unspecified atom stereocenters. The molecule has 0 bridgehead atoms. The summed E-state index contributed by atoms with van der Waals surface area (Å²) in [5.41, 5.74) is 0.190. The molecule has 0 aromatic carbocycles. The fourth-order valence-corrected chi connectivity index (χ4v) is 8.99. The highest BCUT2D eigenvalue weighted by molar-refractivity contribution is 6.34. The molecule has 0 aliphatic heterocycles. The summed E-state index contributed by atoms with van der Waals surface area (Å²) in [7, 11) is -0.888. The summed E-state index contributed by atoms with van der Waals surface area (Å²) in [6, 6.07) is 2.56. The van der Waals surface area contributed by atoms with E-state index < -0.39 is 19.5 Å². The Hall–Kier alpha value is 0.354. The van der Waals surface area contributed by atoms with Crippen LogP contribution in [-0.2, 0) is 8.85 Å². The molecule has 0 heterocycles. The second-order valence-electron chi connectivity index (χ2n) is 8.64. The Bertz CT molecular complexity index is 280. The molecule has 0 aliphatic carbocycles. The van der Waals surface area contributed by atoms with Crippen molar-refractivity contribution in [3.8, 4) is 0 Å². The van der Waals surface area contributed by atoms with E-state index in [1.807, 2.05) is 0 Å². The van der Waals surface area contributed by atoms with Crippen LogP contribution in [0.2, 0.25) is 12.1 Å². The summed E-state index contributed by atoms with van der Waals surface area (Å²) >= 11 is 0. The van der Waals surface area contributed by atoms with E-state index in [4.69, 9.17) is 8.85 Å². The van der Waals surface area contributed by atoms with Gasteiger partial charge in [-0.2, -0.15) is 0 Å². The maximum atomic E-state index is 6.56. The first-order valence-corrected chi connectivity index (χ1v) is 13.5. The topological polar surface area (TPSA) is 18.5 Å². The summed E-state index contributed by atoms with van der Waals surface area (Å²) in [6.45, 7) is 23.1. The lowest BCUT2D eigenvalue weighted by atomic mass is 9.78. The van der Waals surface area contributed by atoms with Crippen molar-refractivity contribution in [2.75, 3.05) is 0 Å². The largest absolute Gasteiger partial charge is 0.418 e. The molecule has 0 amide bonds. The van der Waals surface area contributed by atoms with E-state index in [0.29, 0.717) is 23.7 Å². The van der Waals surface area contributed by atoms with Crippen LogP contribution in [0.1, 0.15) is 82.1 Å². The van der Waals surface area contributed by atoms with Gasteiger partial charge < -0.3 is 8.85 Å². The van der Waals surface area contributed by atoms with Crippen molar-refractivity contribution in [3.05, 3.63) is 0 Å². The molecule has 24 heavy (non-hydrogen) atoms. The van der Waals surface area contributed by atoms with Crippen LogP contribution in [0.5, 0.6) is 0 Å². The van der Waals surface area contributed by atoms with Gasteiger partial charge in [0.1, 0.15) is 0 Å². The average molecular weight is 375 g/mol. The molecule has 0 N–H and O–H groups in total. The van der Waals surface area contributed by atoms with E-state index in [9.17, 15) is 0 Å². The maximum absolute atomic E-state index is 6.56. The fourth-order valence-electron chi connectivity index (χ4n) is 4.57. The van der Waals surface area contributed by atoms with Crippen molar-refractivity contribution < 1.29 is 8.85 Å². The molecule has 4 heteroatoms. The normalized spacial score (nSPS) is 14.8. The Balaban J connectivity index is 4.40. The van der Waals surface area contributed by atoms with Crippen molar-refractivity contribution in [3.63, 3.8) is 0 Å². The molecule has 0 saturated carbocycles. The smallest absolute Gasteiger partial charge is 0.162 e. The van der Waals surface area contributed by atoms with E-state index in [0.717, 1.165) is 12.8 Å². The Morgan fingerprint density at radius 1 is 0.583 bits per heavy atom. The van der Waals surface area contributed by atoms with Gasteiger partial charge >= 0.3 is 0 Å². The minimum absolute atomic E-state index is 0.0949. The van der Waals surface area contributed by atoms with Gasteiger partial charge in [0, 0.05) is 0 Å². The van der Waals surface area contributed by atoms with Crippen LogP contribution < -0.4 is 0 Å². The predicted octanol–water partition coefficient (Wildman–Crippen LogP) is 4.95. The second-order valence-corrected chi connectivity index (χ2v) is 11.4. The van der Waals surface area contributed by atoms with Crippen molar-refractivity contribution in [2.24, 2.45) is 23.7 Å². The molecule has 0 fully saturated rings. The molecule has 0 saturated heterocycles. The zero-order valence-electron chi connectivity index (χ0n) is 18.4. The highest BCUT2D eigenvalue weighted by Gasteiger charge is 2.36. The first-order chi connectivity index (χ1) is 11.1. The first kappa shape index (κ1) is 24.4. The zero-order chi connectivity index (χ0) is 19.0. The fraction of sp³-hybridized carbons (Fsp3) is 1.00. The van der Waals surface area contributed by atoms with Crippen molar-refractivity contribution in [2.45, 2.75) is 105 Å². The van der Waals surface area contributed by atoms with Gasteiger partial charge in [-0.3, -0.25) is 0 Å². The van der Waals surface area contributed by atoms with Crippen LogP contribution in [0.15, 0.2) is 0 Å². The zero-order valence-corrected chi connectivity index (χ0v) is 21.2. The minimum Gasteiger partial charge on any atom is -0.418 e. The van der Waals surface area contributed by atoms with Gasteiger partial charge in [0.15, 0.2) is 19.5 Å². The lowest BCUT2D eigenvalue weighted by molar-refractivity contribution is -0.0246. The molecular weight excluding hydrogens is 328 g/mol. The van der Waals surface area contributed by atoms with Gasteiger partial charge in [0.05, 0.1) is 11.2 Å². The summed E-state index contributed by atoms with van der Waals surface area (Å²) in [6.07, 6.45) is 2.26. The third-order valence-corrected chi connectivity index (χ3v) is 10.4. The maximum Gasteiger partial charge on any atom is 0.162 e. The molecule has 0 aromatic rings. The lowest BCUT2D eigenvalue weighted by Crippen LogP contribution is -2.44. The Kier molecular flexibility index (Phi) is 11.3. The van der Waals surface area contributed by atoms with Gasteiger partial charge in [0.25, 0.3) is 0 Å². The molecule has 0 spiro atoms.